The van der Waals surface area contributed by atoms with Gasteiger partial charge in [-0.25, -0.2) is 4.79 Å². The molecule has 42 heavy (non-hydrogen) atoms. The Morgan fingerprint density at radius 1 is 1.14 bits per heavy atom. The van der Waals surface area contributed by atoms with Crippen LogP contribution in [0.25, 0.3) is 0 Å². The minimum absolute atomic E-state index is 0.0207. The molecule has 224 valence electrons. The van der Waals surface area contributed by atoms with Gasteiger partial charge in [-0.05, 0) is 61.3 Å². The summed E-state index contributed by atoms with van der Waals surface area (Å²) in [5.41, 5.74) is -2.92. The van der Waals surface area contributed by atoms with Crippen molar-refractivity contribution in [2.45, 2.75) is 103 Å². The molecule has 1 aromatic rings. The van der Waals surface area contributed by atoms with Crippen molar-refractivity contribution in [3.63, 3.8) is 0 Å². The smallest absolute Gasteiger partial charge is 0.330 e. The summed E-state index contributed by atoms with van der Waals surface area (Å²) in [7, 11) is 0. The van der Waals surface area contributed by atoms with Crippen LogP contribution in [-0.2, 0) is 27.2 Å². The van der Waals surface area contributed by atoms with E-state index in [9.17, 15) is 29.7 Å². The lowest BCUT2D eigenvalue weighted by atomic mass is 9.51. The fraction of sp³-hybridized carbons (Fsp3) is 0.545. The fourth-order valence-electron chi connectivity index (χ4n) is 7.72. The van der Waals surface area contributed by atoms with Crippen molar-refractivity contribution in [1.82, 2.24) is 0 Å². The number of hydrogen-bond donors (Lipinski definition) is 3. The predicted octanol–water partition coefficient (Wildman–Crippen LogP) is 4.40. The summed E-state index contributed by atoms with van der Waals surface area (Å²) >= 11 is 0. The zero-order chi connectivity index (χ0) is 30.7. The van der Waals surface area contributed by atoms with Crippen molar-refractivity contribution in [2.75, 3.05) is 0 Å². The number of phenols is 1. The van der Waals surface area contributed by atoms with Gasteiger partial charge in [0.25, 0.3) is 0 Å². The third-order valence-corrected chi connectivity index (χ3v) is 9.85. The largest absolute Gasteiger partial charge is 0.507 e. The molecule has 9 heteroatoms. The van der Waals surface area contributed by atoms with E-state index >= 15 is 0 Å². The maximum Gasteiger partial charge on any atom is 0.330 e. The number of hydrogen-bond acceptors (Lipinski definition) is 8. The number of carbonyl (C=O) groups excluding carboxylic acids is 2. The Morgan fingerprint density at radius 2 is 1.83 bits per heavy atom. The maximum absolute atomic E-state index is 14.6. The van der Waals surface area contributed by atoms with Gasteiger partial charge in [0.15, 0.2) is 22.8 Å². The number of aliphatic hydroxyl groups is 1. The van der Waals surface area contributed by atoms with Crippen LogP contribution in [-0.4, -0.2) is 61.4 Å². The summed E-state index contributed by atoms with van der Waals surface area (Å²) in [6.07, 6.45) is 5.31. The van der Waals surface area contributed by atoms with Crippen LogP contribution >= 0.6 is 0 Å². The molecule has 1 aromatic carbocycles. The van der Waals surface area contributed by atoms with Gasteiger partial charge in [0.1, 0.15) is 28.9 Å². The number of benzene rings is 1. The van der Waals surface area contributed by atoms with Crippen LogP contribution in [0, 0.1) is 11.8 Å². The molecular weight excluding hydrogens is 540 g/mol. The van der Waals surface area contributed by atoms with Gasteiger partial charge in [0.05, 0.1) is 11.2 Å². The number of carbonyl (C=O) groups is 3. The number of aromatic hydroxyl groups is 1. The Kier molecular flexibility index (Phi) is 6.01. The number of phenolic OH excluding ortho intramolecular Hbond substituents is 1. The lowest BCUT2D eigenvalue weighted by Crippen LogP contribution is -2.72. The van der Waals surface area contributed by atoms with Crippen molar-refractivity contribution in [1.29, 1.82) is 0 Å². The first-order valence-electron chi connectivity index (χ1n) is 14.5. The molecule has 1 spiro atoms. The summed E-state index contributed by atoms with van der Waals surface area (Å²) in [5.74, 6) is -2.54. The van der Waals surface area contributed by atoms with Crippen LogP contribution in [0.2, 0.25) is 0 Å². The van der Waals surface area contributed by atoms with E-state index in [1.54, 1.807) is 19.9 Å². The molecule has 0 amide bonds. The Hall–Kier alpha value is -3.43. The molecule has 4 bridgehead atoms. The zero-order valence-electron chi connectivity index (χ0n) is 25.1. The molecule has 1 saturated carbocycles. The fourth-order valence-corrected chi connectivity index (χ4v) is 7.72. The van der Waals surface area contributed by atoms with E-state index in [1.807, 2.05) is 33.8 Å². The van der Waals surface area contributed by atoms with E-state index in [2.05, 4.69) is 0 Å². The molecule has 3 aliphatic heterocycles. The number of fused-ring (bicyclic) bond motifs is 2. The average molecular weight is 579 g/mol. The van der Waals surface area contributed by atoms with Crippen LogP contribution in [0.5, 0.6) is 17.2 Å². The minimum atomic E-state index is -1.64. The lowest BCUT2D eigenvalue weighted by molar-refractivity contribution is -0.171. The first-order chi connectivity index (χ1) is 19.5. The normalized spacial score (nSPS) is 32.0. The van der Waals surface area contributed by atoms with E-state index < -0.39 is 52.1 Å². The molecule has 0 aromatic heterocycles. The number of carboxylic acid groups (broad SMARTS) is 1. The van der Waals surface area contributed by atoms with Gasteiger partial charge in [-0.1, -0.05) is 23.8 Å². The predicted molar refractivity (Wildman–Crippen MR) is 152 cm³/mol. The van der Waals surface area contributed by atoms with Gasteiger partial charge < -0.3 is 29.5 Å². The average Bonchev–Trinajstić information content (AvgIpc) is 3.40. The van der Waals surface area contributed by atoms with Crippen molar-refractivity contribution < 1.29 is 43.9 Å². The molecule has 0 radical (unpaired) electrons. The molecule has 7 rings (SSSR count). The molecule has 3 N–H and O–H groups in total. The van der Waals surface area contributed by atoms with E-state index in [1.165, 1.54) is 13.0 Å². The first kappa shape index (κ1) is 28.7. The molecule has 3 heterocycles. The maximum atomic E-state index is 14.6. The summed E-state index contributed by atoms with van der Waals surface area (Å²) in [4.78, 5) is 40.4. The lowest BCUT2D eigenvalue weighted by Gasteiger charge is -2.56. The van der Waals surface area contributed by atoms with Gasteiger partial charge in [-0.3, -0.25) is 9.59 Å². The Balaban J connectivity index is 1.62. The number of ether oxygens (including phenoxy) is 3. The Labute approximate surface area is 244 Å². The van der Waals surface area contributed by atoms with Gasteiger partial charge in [0, 0.05) is 47.0 Å². The molecular formula is C33H38O9. The highest BCUT2D eigenvalue weighted by Crippen LogP contribution is 2.68. The molecule has 1 saturated heterocycles. The number of aliphatic carboxylic acids is 1. The van der Waals surface area contributed by atoms with E-state index in [-0.39, 0.29) is 46.8 Å². The number of rotatable bonds is 6. The minimum Gasteiger partial charge on any atom is -0.507 e. The van der Waals surface area contributed by atoms with Crippen LogP contribution in [0.3, 0.4) is 0 Å². The second-order valence-electron chi connectivity index (χ2n) is 13.7. The first-order valence-corrected chi connectivity index (χ1v) is 14.5. The van der Waals surface area contributed by atoms with E-state index in [4.69, 9.17) is 14.2 Å². The zero-order valence-corrected chi connectivity index (χ0v) is 25.1. The third kappa shape index (κ3) is 3.59. The highest BCUT2D eigenvalue weighted by molar-refractivity contribution is 6.18. The highest BCUT2D eigenvalue weighted by Gasteiger charge is 2.81. The van der Waals surface area contributed by atoms with Gasteiger partial charge in [-0.2, -0.15) is 0 Å². The molecule has 2 fully saturated rings. The van der Waals surface area contributed by atoms with Crippen LogP contribution in [0.4, 0.5) is 0 Å². The second-order valence-corrected chi connectivity index (χ2v) is 13.7. The van der Waals surface area contributed by atoms with Crippen molar-refractivity contribution in [3.05, 3.63) is 51.6 Å². The molecule has 5 atom stereocenters. The highest BCUT2D eigenvalue weighted by atomic mass is 16.6. The summed E-state index contributed by atoms with van der Waals surface area (Å²) < 4.78 is 19.9. The standard InChI is InChI=1S/C33H38O9/c1-15(2)8-9-18-26-19(14-22(40-26)30(4,5)39)24(34)23-25(35)20-12-17-13-21-31(6,7)42-32(28(17)36,11-10-16(3)29(37)38)33(20,21)41-27(18)23/h8,10,12,17,21-22,34,39H,9,11,13-14H2,1-7H3,(H,37,38)/b16-10-/t17-,21-,22?,32+,33-/m0/s1. The SMILES string of the molecule is CC(C)=CCc1c2c(c(O)c3c1O[C@@]14C(=C[C@H]5C[C@H]1C(C)(C)O[C@]4(C/C=C(/C)C(=O)O)C5=O)C3=O)CC(C(C)(C)O)O2. The number of Topliss-reactive ketones (excluding diaryl/α,β-unsaturated/α-hetero) is 2. The van der Waals surface area contributed by atoms with E-state index in [0.29, 0.717) is 29.7 Å². The number of ketones is 2. The van der Waals surface area contributed by atoms with Crippen LogP contribution in [0.15, 0.2) is 34.9 Å². The summed E-state index contributed by atoms with van der Waals surface area (Å²) in [5, 5.41) is 31.9. The van der Waals surface area contributed by atoms with Gasteiger partial charge >= 0.3 is 5.97 Å². The van der Waals surface area contributed by atoms with Crippen LogP contribution < -0.4 is 9.47 Å². The number of allylic oxidation sites excluding steroid dienone is 3. The molecule has 1 unspecified atom stereocenters. The van der Waals surface area contributed by atoms with Gasteiger partial charge in [-0.15, -0.1) is 0 Å². The van der Waals surface area contributed by atoms with Crippen molar-refractivity contribution in [2.24, 2.45) is 11.8 Å². The van der Waals surface area contributed by atoms with Crippen LogP contribution in [0.1, 0.15) is 82.8 Å². The summed E-state index contributed by atoms with van der Waals surface area (Å²) in [6, 6.07) is 0. The van der Waals surface area contributed by atoms with Crippen molar-refractivity contribution >= 4 is 17.5 Å². The third-order valence-electron chi connectivity index (χ3n) is 9.85. The van der Waals surface area contributed by atoms with Gasteiger partial charge in [0.2, 0.25) is 0 Å². The quantitative estimate of drug-likeness (QED) is 0.331. The second kappa shape index (κ2) is 8.80. The summed E-state index contributed by atoms with van der Waals surface area (Å²) in [6.45, 7) is 12.4. The Bertz CT molecular complexity index is 1550. The Morgan fingerprint density at radius 3 is 2.45 bits per heavy atom. The molecule has 9 nitrogen and oxygen atoms in total. The topological polar surface area (TPSA) is 140 Å². The molecule has 3 aliphatic carbocycles. The van der Waals surface area contributed by atoms with Crippen molar-refractivity contribution in [3.8, 4) is 17.2 Å². The molecule has 6 aliphatic rings. The monoisotopic (exact) mass is 578 g/mol. The number of carboxylic acids is 1. The van der Waals surface area contributed by atoms with E-state index in [0.717, 1.165) is 5.57 Å².